The average Bonchev–Trinajstić information content (AvgIpc) is 2.99. The van der Waals surface area contributed by atoms with Crippen LogP contribution in [0.2, 0.25) is 5.02 Å². The molecule has 2 fully saturated rings. The zero-order valence-corrected chi connectivity index (χ0v) is 15.0. The average molecular weight is 357 g/mol. The van der Waals surface area contributed by atoms with Gasteiger partial charge >= 0.3 is 0 Å². The zero-order chi connectivity index (χ0) is 17.2. The van der Waals surface area contributed by atoms with E-state index in [2.05, 4.69) is 9.80 Å². The lowest BCUT2D eigenvalue weighted by Gasteiger charge is -2.41. The van der Waals surface area contributed by atoms with Crippen molar-refractivity contribution in [2.45, 2.75) is 37.8 Å². The van der Waals surface area contributed by atoms with Crippen LogP contribution in [0.1, 0.15) is 31.2 Å². The first kappa shape index (κ1) is 17.9. The van der Waals surface area contributed by atoms with Crippen LogP contribution in [0.5, 0.6) is 5.75 Å². The molecule has 0 radical (unpaired) electrons. The van der Waals surface area contributed by atoms with E-state index in [0.29, 0.717) is 13.1 Å². The van der Waals surface area contributed by atoms with Crippen molar-refractivity contribution in [1.82, 2.24) is 9.80 Å². The third-order valence-electron chi connectivity index (χ3n) is 5.02. The minimum absolute atomic E-state index is 0.0876. The van der Waals surface area contributed by atoms with Gasteiger partial charge in [0.25, 0.3) is 0 Å². The summed E-state index contributed by atoms with van der Waals surface area (Å²) in [6.07, 6.45) is 4.24. The second-order valence-corrected chi connectivity index (χ2v) is 7.52. The van der Waals surface area contributed by atoms with Crippen LogP contribution in [-0.2, 0) is 6.54 Å². The highest BCUT2D eigenvalue weighted by molar-refractivity contribution is 6.32. The van der Waals surface area contributed by atoms with Gasteiger partial charge in [-0.15, -0.1) is 0 Å². The summed E-state index contributed by atoms with van der Waals surface area (Å²) in [4.78, 5) is 4.55. The van der Waals surface area contributed by atoms with Gasteiger partial charge in [-0.1, -0.05) is 11.6 Å². The fourth-order valence-electron chi connectivity index (χ4n) is 3.98. The van der Waals surface area contributed by atoms with Gasteiger partial charge in [-0.25, -0.2) is 4.39 Å². The van der Waals surface area contributed by atoms with E-state index in [1.165, 1.54) is 26.0 Å². The molecule has 0 amide bonds. The SMILES string of the molecule is COc1c(F)cc(CN2CCC[C@@](O)(CN3CCCC3)C2)cc1Cl. The Kier molecular flexibility index (Phi) is 5.65. The maximum atomic E-state index is 14.0. The molecule has 3 rings (SSSR count). The van der Waals surface area contributed by atoms with E-state index in [0.717, 1.165) is 44.6 Å². The summed E-state index contributed by atoms with van der Waals surface area (Å²) >= 11 is 6.08. The molecular weight excluding hydrogens is 331 g/mol. The number of rotatable bonds is 5. The van der Waals surface area contributed by atoms with Crippen LogP contribution < -0.4 is 4.74 Å². The van der Waals surface area contributed by atoms with E-state index in [1.54, 1.807) is 6.07 Å². The Bertz CT molecular complexity index is 557. The van der Waals surface area contributed by atoms with Gasteiger partial charge in [-0.3, -0.25) is 4.90 Å². The van der Waals surface area contributed by atoms with E-state index >= 15 is 0 Å². The Morgan fingerprint density at radius 3 is 2.58 bits per heavy atom. The number of aliphatic hydroxyl groups is 1. The quantitative estimate of drug-likeness (QED) is 0.880. The van der Waals surface area contributed by atoms with Crippen LogP contribution >= 0.6 is 11.6 Å². The molecule has 0 spiro atoms. The van der Waals surface area contributed by atoms with Crippen molar-refractivity contribution in [3.05, 3.63) is 28.5 Å². The van der Waals surface area contributed by atoms with Crippen LogP contribution in [0.4, 0.5) is 4.39 Å². The van der Waals surface area contributed by atoms with Gasteiger partial charge in [0, 0.05) is 19.6 Å². The van der Waals surface area contributed by atoms with E-state index < -0.39 is 11.4 Å². The van der Waals surface area contributed by atoms with Gasteiger partial charge in [-0.2, -0.15) is 0 Å². The number of benzene rings is 1. The Labute approximate surface area is 148 Å². The van der Waals surface area contributed by atoms with Gasteiger partial charge in [0.1, 0.15) is 0 Å². The predicted molar refractivity (Wildman–Crippen MR) is 93.1 cm³/mol. The van der Waals surface area contributed by atoms with Crippen molar-refractivity contribution >= 4 is 11.6 Å². The van der Waals surface area contributed by atoms with Gasteiger partial charge in [0.2, 0.25) is 0 Å². The molecule has 24 heavy (non-hydrogen) atoms. The van der Waals surface area contributed by atoms with Crippen LogP contribution in [0.25, 0.3) is 0 Å². The number of hydrogen-bond donors (Lipinski definition) is 1. The van der Waals surface area contributed by atoms with Crippen LogP contribution in [0.3, 0.4) is 0 Å². The summed E-state index contributed by atoms with van der Waals surface area (Å²) in [6, 6.07) is 3.22. The lowest BCUT2D eigenvalue weighted by molar-refractivity contribution is -0.0519. The maximum Gasteiger partial charge on any atom is 0.173 e. The van der Waals surface area contributed by atoms with Gasteiger partial charge in [-0.05, 0) is 63.0 Å². The summed E-state index contributed by atoms with van der Waals surface area (Å²) in [5, 5.41) is 11.3. The molecule has 1 aromatic carbocycles. The number of β-amino-alcohol motifs (C(OH)–C–C–N with tert-alkyl or cyclic N) is 1. The lowest BCUT2D eigenvalue weighted by Crippen LogP contribution is -2.53. The second-order valence-electron chi connectivity index (χ2n) is 7.11. The van der Waals surface area contributed by atoms with Crippen LogP contribution in [-0.4, -0.2) is 60.3 Å². The van der Waals surface area contributed by atoms with Crippen molar-refractivity contribution in [1.29, 1.82) is 0 Å². The molecule has 1 atom stereocenters. The number of hydrogen-bond acceptors (Lipinski definition) is 4. The molecule has 1 aromatic rings. The van der Waals surface area contributed by atoms with Crippen molar-refractivity contribution in [3.63, 3.8) is 0 Å². The van der Waals surface area contributed by atoms with Gasteiger partial charge < -0.3 is 14.7 Å². The summed E-state index contributed by atoms with van der Waals surface area (Å²) in [6.45, 7) is 5.02. The monoisotopic (exact) mass is 356 g/mol. The first-order chi connectivity index (χ1) is 11.5. The molecule has 134 valence electrons. The molecule has 2 aliphatic heterocycles. The zero-order valence-electron chi connectivity index (χ0n) is 14.2. The minimum atomic E-state index is -0.669. The van der Waals surface area contributed by atoms with Crippen molar-refractivity contribution in [2.24, 2.45) is 0 Å². The standard InChI is InChI=1S/C18H26ClFN2O2/c1-24-17-15(19)9-14(10-16(17)20)11-22-8-4-5-18(23,13-22)12-21-6-2-3-7-21/h9-10,23H,2-8,11-13H2,1H3/t18-/m1/s1. The van der Waals surface area contributed by atoms with E-state index in [1.807, 2.05) is 0 Å². The van der Waals surface area contributed by atoms with Crippen molar-refractivity contribution < 1.29 is 14.2 Å². The van der Waals surface area contributed by atoms with Gasteiger partial charge in [0.15, 0.2) is 11.6 Å². The highest BCUT2D eigenvalue weighted by Crippen LogP contribution is 2.30. The highest BCUT2D eigenvalue weighted by atomic mass is 35.5. The number of piperidine rings is 1. The molecule has 0 bridgehead atoms. The summed E-state index contributed by atoms with van der Waals surface area (Å²) in [5.41, 5.74) is 0.140. The van der Waals surface area contributed by atoms with Crippen LogP contribution in [0, 0.1) is 5.82 Å². The van der Waals surface area contributed by atoms with Crippen LogP contribution in [0.15, 0.2) is 12.1 Å². The third-order valence-corrected chi connectivity index (χ3v) is 5.30. The fraction of sp³-hybridized carbons (Fsp3) is 0.667. The first-order valence-corrected chi connectivity index (χ1v) is 9.06. The predicted octanol–water partition coefficient (Wildman–Crippen LogP) is 2.91. The first-order valence-electron chi connectivity index (χ1n) is 8.68. The Morgan fingerprint density at radius 2 is 1.92 bits per heavy atom. The topological polar surface area (TPSA) is 35.9 Å². The molecule has 2 heterocycles. The molecule has 4 nitrogen and oxygen atoms in total. The molecule has 2 saturated heterocycles. The Hall–Kier alpha value is -0.880. The molecule has 2 aliphatic rings. The number of methoxy groups -OCH3 is 1. The molecule has 0 saturated carbocycles. The molecular formula is C18H26ClFN2O2. The second kappa shape index (κ2) is 7.56. The lowest BCUT2D eigenvalue weighted by atomic mass is 9.92. The third kappa shape index (κ3) is 4.20. The smallest absolute Gasteiger partial charge is 0.173 e. The summed E-state index contributed by atoms with van der Waals surface area (Å²) in [5.74, 6) is -0.353. The number of halogens is 2. The van der Waals surface area contributed by atoms with Crippen molar-refractivity contribution in [2.75, 3.05) is 39.8 Å². The highest BCUT2D eigenvalue weighted by Gasteiger charge is 2.35. The summed E-state index contributed by atoms with van der Waals surface area (Å²) in [7, 11) is 1.41. The van der Waals surface area contributed by atoms with E-state index in [4.69, 9.17) is 16.3 Å². The fourth-order valence-corrected chi connectivity index (χ4v) is 4.29. The number of nitrogens with zero attached hydrogens (tertiary/aromatic N) is 2. The molecule has 1 N–H and O–H groups in total. The largest absolute Gasteiger partial charge is 0.492 e. The van der Waals surface area contributed by atoms with Gasteiger partial charge in [0.05, 0.1) is 17.7 Å². The Balaban J connectivity index is 1.64. The van der Waals surface area contributed by atoms with E-state index in [9.17, 15) is 9.50 Å². The van der Waals surface area contributed by atoms with E-state index in [-0.39, 0.29) is 10.8 Å². The normalized spacial score (nSPS) is 26.0. The summed E-state index contributed by atoms with van der Waals surface area (Å²) < 4.78 is 19.0. The van der Waals surface area contributed by atoms with Crippen molar-refractivity contribution in [3.8, 4) is 5.75 Å². The molecule has 0 unspecified atom stereocenters. The minimum Gasteiger partial charge on any atom is -0.492 e. The number of ether oxygens (including phenoxy) is 1. The maximum absolute atomic E-state index is 14.0. The Morgan fingerprint density at radius 1 is 1.21 bits per heavy atom. The molecule has 0 aliphatic carbocycles. The molecule has 0 aromatic heterocycles. The number of likely N-dealkylation sites (tertiary alicyclic amines) is 2. The molecule has 6 heteroatoms.